The van der Waals surface area contributed by atoms with E-state index in [4.69, 9.17) is 0 Å². The first-order valence-electron chi connectivity index (χ1n) is 6.47. The molecule has 0 saturated carbocycles. The van der Waals surface area contributed by atoms with E-state index < -0.39 is 27.2 Å². The lowest BCUT2D eigenvalue weighted by Crippen LogP contribution is -2.57. The van der Waals surface area contributed by atoms with Gasteiger partial charge in [0.1, 0.15) is 0 Å². The van der Waals surface area contributed by atoms with Gasteiger partial charge in [-0.15, -0.1) is 0 Å². The molecule has 3 amide bonds. The number of sulfonamides is 1. The summed E-state index contributed by atoms with van der Waals surface area (Å²) in [5, 5.41) is 0.548. The second-order valence-electron chi connectivity index (χ2n) is 4.81. The first-order chi connectivity index (χ1) is 9.36. The molecule has 2 rings (SSSR count). The van der Waals surface area contributed by atoms with Gasteiger partial charge in [0.2, 0.25) is 10.0 Å². The molecule has 2 aliphatic rings. The number of nitrogens with one attached hydrogen (secondary N) is 1. The van der Waals surface area contributed by atoms with Gasteiger partial charge in [0.05, 0.1) is 0 Å². The van der Waals surface area contributed by atoms with E-state index >= 15 is 0 Å². The zero-order valence-corrected chi connectivity index (χ0v) is 12.3. The van der Waals surface area contributed by atoms with Crippen LogP contribution in [0.3, 0.4) is 0 Å². The summed E-state index contributed by atoms with van der Waals surface area (Å²) in [6.45, 7) is 6.25. The van der Waals surface area contributed by atoms with E-state index in [1.807, 2.05) is 12.2 Å². The number of amides is 3. The van der Waals surface area contributed by atoms with Crippen molar-refractivity contribution in [2.45, 2.75) is 19.1 Å². The Bertz CT molecular complexity index is 549. The monoisotopic (exact) mass is 302 g/mol. The molecule has 0 aromatic rings. The van der Waals surface area contributed by atoms with Gasteiger partial charge < -0.3 is 4.90 Å². The SMILES string of the molecule is CCN1CCN(S(=O)(=O)C2C(=O)NC(=O)N=C2C)CC1. The molecule has 0 bridgehead atoms. The highest BCUT2D eigenvalue weighted by Crippen LogP contribution is 2.16. The van der Waals surface area contributed by atoms with E-state index in [0.717, 1.165) is 6.54 Å². The average Bonchev–Trinajstić information content (AvgIpc) is 2.37. The average molecular weight is 302 g/mol. The number of rotatable bonds is 3. The summed E-state index contributed by atoms with van der Waals surface area (Å²) in [5.74, 6) is -0.819. The molecular weight excluding hydrogens is 284 g/mol. The van der Waals surface area contributed by atoms with Gasteiger partial charge in [-0.05, 0) is 13.5 Å². The van der Waals surface area contributed by atoms with Crippen molar-refractivity contribution in [2.24, 2.45) is 4.99 Å². The molecular formula is C11H18N4O4S. The van der Waals surface area contributed by atoms with E-state index in [2.05, 4.69) is 9.89 Å². The maximum absolute atomic E-state index is 12.5. The van der Waals surface area contributed by atoms with Crippen molar-refractivity contribution in [1.29, 1.82) is 0 Å². The van der Waals surface area contributed by atoms with Crippen LogP contribution in [0.15, 0.2) is 4.99 Å². The Morgan fingerprint density at radius 2 is 1.85 bits per heavy atom. The molecule has 0 radical (unpaired) electrons. The summed E-state index contributed by atoms with van der Waals surface area (Å²) in [6.07, 6.45) is 0. The molecule has 1 unspecified atom stereocenters. The van der Waals surface area contributed by atoms with Crippen LogP contribution in [0.5, 0.6) is 0 Å². The second-order valence-corrected chi connectivity index (χ2v) is 6.82. The molecule has 8 nitrogen and oxygen atoms in total. The lowest BCUT2D eigenvalue weighted by atomic mass is 10.2. The minimum absolute atomic E-state index is 0.0247. The summed E-state index contributed by atoms with van der Waals surface area (Å²) in [4.78, 5) is 28.5. The number of carbonyl (C=O) groups is 2. The summed E-state index contributed by atoms with van der Waals surface area (Å²) in [5.41, 5.74) is 0.0247. The van der Waals surface area contributed by atoms with Gasteiger partial charge in [-0.2, -0.15) is 4.31 Å². The molecule has 20 heavy (non-hydrogen) atoms. The zero-order chi connectivity index (χ0) is 14.9. The minimum atomic E-state index is -3.83. The molecule has 1 atom stereocenters. The molecule has 0 aromatic carbocycles. The topological polar surface area (TPSA) is 99.1 Å². The third-order valence-electron chi connectivity index (χ3n) is 3.56. The summed E-state index contributed by atoms with van der Waals surface area (Å²) in [6, 6.07) is -0.810. The van der Waals surface area contributed by atoms with Crippen molar-refractivity contribution in [1.82, 2.24) is 14.5 Å². The molecule has 1 N–H and O–H groups in total. The fourth-order valence-corrected chi connectivity index (χ4v) is 4.19. The van der Waals surface area contributed by atoms with Crippen LogP contribution < -0.4 is 5.32 Å². The van der Waals surface area contributed by atoms with Gasteiger partial charge in [0.15, 0.2) is 5.25 Å². The first kappa shape index (κ1) is 15.1. The second kappa shape index (κ2) is 5.58. The maximum Gasteiger partial charge on any atom is 0.347 e. The Labute approximate surface area is 117 Å². The van der Waals surface area contributed by atoms with Crippen LogP contribution in [0, 0.1) is 0 Å². The Balaban J connectivity index is 2.21. The molecule has 9 heteroatoms. The van der Waals surface area contributed by atoms with Crippen LogP contribution in [-0.2, 0) is 14.8 Å². The first-order valence-corrected chi connectivity index (χ1v) is 7.98. The van der Waals surface area contributed by atoms with Crippen LogP contribution in [0.25, 0.3) is 0 Å². The number of urea groups is 1. The smallest absolute Gasteiger partial charge is 0.301 e. The van der Waals surface area contributed by atoms with E-state index in [1.165, 1.54) is 11.2 Å². The zero-order valence-electron chi connectivity index (χ0n) is 11.5. The molecule has 1 saturated heterocycles. The normalized spacial score (nSPS) is 26.3. The van der Waals surface area contributed by atoms with E-state index in [9.17, 15) is 18.0 Å². The standard InChI is InChI=1S/C11H18N4O4S/c1-3-14-4-6-15(7-5-14)20(18,19)9-8(2)12-11(17)13-10(9)16/h9H,3-7H2,1-2H3,(H,13,16,17). The van der Waals surface area contributed by atoms with Gasteiger partial charge in [-0.1, -0.05) is 6.92 Å². The van der Waals surface area contributed by atoms with E-state index in [0.29, 0.717) is 26.2 Å². The third kappa shape index (κ3) is 2.74. The summed E-state index contributed by atoms with van der Waals surface area (Å²) in [7, 11) is -3.83. The molecule has 0 aliphatic carbocycles. The summed E-state index contributed by atoms with van der Waals surface area (Å²) >= 11 is 0. The number of likely N-dealkylation sites (N-methyl/N-ethyl adjacent to an activating group) is 1. The lowest BCUT2D eigenvalue weighted by Gasteiger charge is -2.35. The van der Waals surface area contributed by atoms with Crippen molar-refractivity contribution < 1.29 is 18.0 Å². The molecule has 0 aromatic heterocycles. The largest absolute Gasteiger partial charge is 0.347 e. The van der Waals surface area contributed by atoms with Gasteiger partial charge in [-0.3, -0.25) is 10.1 Å². The van der Waals surface area contributed by atoms with Crippen molar-refractivity contribution in [3.8, 4) is 0 Å². The Morgan fingerprint density at radius 3 is 2.35 bits per heavy atom. The molecule has 2 aliphatic heterocycles. The number of piperazine rings is 1. The number of aliphatic imine (C=N–C) groups is 1. The van der Waals surface area contributed by atoms with E-state index in [1.54, 1.807) is 0 Å². The highest BCUT2D eigenvalue weighted by atomic mass is 32.2. The number of nitrogens with zero attached hydrogens (tertiary/aromatic N) is 3. The highest BCUT2D eigenvalue weighted by molar-refractivity contribution is 7.91. The Kier molecular flexibility index (Phi) is 4.21. The van der Waals surface area contributed by atoms with Crippen LogP contribution in [0.4, 0.5) is 4.79 Å². The number of carbonyl (C=O) groups excluding carboxylic acids is 2. The maximum atomic E-state index is 12.5. The van der Waals surface area contributed by atoms with Crippen molar-refractivity contribution in [3.05, 3.63) is 0 Å². The van der Waals surface area contributed by atoms with Crippen LogP contribution in [0.2, 0.25) is 0 Å². The Hall–Kier alpha value is -1.32. The van der Waals surface area contributed by atoms with Crippen LogP contribution in [0.1, 0.15) is 13.8 Å². The number of imide groups is 1. The highest BCUT2D eigenvalue weighted by Gasteiger charge is 2.43. The quantitative estimate of drug-likeness (QED) is 0.723. The lowest BCUT2D eigenvalue weighted by molar-refractivity contribution is -0.118. The number of hydrogen-bond donors (Lipinski definition) is 1. The predicted molar refractivity (Wildman–Crippen MR) is 73.0 cm³/mol. The number of hydrogen-bond acceptors (Lipinski definition) is 5. The molecule has 2 heterocycles. The molecule has 1 fully saturated rings. The van der Waals surface area contributed by atoms with Gasteiger partial charge in [0.25, 0.3) is 5.91 Å². The van der Waals surface area contributed by atoms with Crippen LogP contribution >= 0.6 is 0 Å². The fourth-order valence-electron chi connectivity index (χ4n) is 2.41. The van der Waals surface area contributed by atoms with Crippen molar-refractivity contribution >= 4 is 27.7 Å². The van der Waals surface area contributed by atoms with Gasteiger partial charge >= 0.3 is 6.03 Å². The van der Waals surface area contributed by atoms with Crippen molar-refractivity contribution in [3.63, 3.8) is 0 Å². The molecule has 112 valence electrons. The summed E-state index contributed by atoms with van der Waals surface area (Å²) < 4.78 is 26.3. The fraction of sp³-hybridized carbons (Fsp3) is 0.727. The predicted octanol–water partition coefficient (Wildman–Crippen LogP) is -0.967. The van der Waals surface area contributed by atoms with Crippen molar-refractivity contribution in [2.75, 3.05) is 32.7 Å². The van der Waals surface area contributed by atoms with E-state index in [-0.39, 0.29) is 5.71 Å². The van der Waals surface area contributed by atoms with Gasteiger partial charge in [-0.25, -0.2) is 18.2 Å². The Morgan fingerprint density at radius 1 is 1.25 bits per heavy atom. The third-order valence-corrected chi connectivity index (χ3v) is 5.80. The minimum Gasteiger partial charge on any atom is -0.301 e. The van der Waals surface area contributed by atoms with Gasteiger partial charge in [0, 0.05) is 31.9 Å². The van der Waals surface area contributed by atoms with Crippen LogP contribution in [-0.4, -0.2) is 73.2 Å². The molecule has 0 spiro atoms.